The molecule has 0 aromatic heterocycles. The van der Waals surface area contributed by atoms with Gasteiger partial charge in [-0.3, -0.25) is 0 Å². The van der Waals surface area contributed by atoms with E-state index in [1.807, 2.05) is 6.07 Å². The first-order valence-corrected chi connectivity index (χ1v) is 4.31. The third kappa shape index (κ3) is 1.95. The molecule has 0 bridgehead atoms. The molecule has 0 aliphatic rings. The minimum atomic E-state index is -0.683. The smallest absolute Gasteiger partial charge is 0.164 e. The van der Waals surface area contributed by atoms with Crippen LogP contribution in [-0.4, -0.2) is 0 Å². The molecule has 1 rings (SSSR count). The van der Waals surface area contributed by atoms with Crippen molar-refractivity contribution >= 4 is 17.3 Å². The van der Waals surface area contributed by atoms with Gasteiger partial charge in [0.15, 0.2) is 5.82 Å². The molecule has 14 heavy (non-hydrogen) atoms. The quantitative estimate of drug-likeness (QED) is 0.738. The van der Waals surface area contributed by atoms with Crippen LogP contribution in [-0.2, 0) is 0 Å². The van der Waals surface area contributed by atoms with E-state index in [9.17, 15) is 4.39 Å². The Kier molecular flexibility index (Phi) is 3.28. The molecule has 5 heteroatoms. The van der Waals surface area contributed by atoms with Gasteiger partial charge in [-0.1, -0.05) is 17.7 Å². The van der Waals surface area contributed by atoms with Crippen LogP contribution < -0.4 is 11.5 Å². The van der Waals surface area contributed by atoms with Crippen LogP contribution in [0.3, 0.4) is 0 Å². The summed E-state index contributed by atoms with van der Waals surface area (Å²) in [7, 11) is 0. The maximum Gasteiger partial charge on any atom is 0.164 e. The standard InChI is InChI=1S/C9H9ClFN3/c10-8-5(6(13)3-4-12)1-2-7(14)9(8)11/h1-2,6H,3,13-14H2/t6-/m1/s1. The predicted molar refractivity (Wildman–Crippen MR) is 53.0 cm³/mol. The van der Waals surface area contributed by atoms with Crippen molar-refractivity contribution in [1.29, 1.82) is 5.26 Å². The molecular formula is C9H9ClFN3. The van der Waals surface area contributed by atoms with Crippen molar-refractivity contribution in [3.8, 4) is 6.07 Å². The Morgan fingerprint density at radius 2 is 2.21 bits per heavy atom. The summed E-state index contributed by atoms with van der Waals surface area (Å²) < 4.78 is 13.2. The van der Waals surface area contributed by atoms with Crippen LogP contribution in [0.15, 0.2) is 12.1 Å². The summed E-state index contributed by atoms with van der Waals surface area (Å²) in [4.78, 5) is 0. The Labute approximate surface area is 86.1 Å². The largest absolute Gasteiger partial charge is 0.396 e. The molecule has 1 atom stereocenters. The molecule has 4 N–H and O–H groups in total. The fourth-order valence-corrected chi connectivity index (χ4v) is 1.39. The van der Waals surface area contributed by atoms with E-state index in [4.69, 9.17) is 28.3 Å². The highest BCUT2D eigenvalue weighted by atomic mass is 35.5. The SMILES string of the molecule is N#CC[C@@H](N)c1ccc(N)c(F)c1Cl. The number of rotatable bonds is 2. The number of nitriles is 1. The Hall–Kier alpha value is -1.31. The summed E-state index contributed by atoms with van der Waals surface area (Å²) in [5.41, 5.74) is 11.3. The van der Waals surface area contributed by atoms with Crippen LogP contribution in [0.25, 0.3) is 0 Å². The van der Waals surface area contributed by atoms with E-state index in [1.54, 1.807) is 0 Å². The second kappa shape index (κ2) is 4.27. The van der Waals surface area contributed by atoms with Gasteiger partial charge in [0.05, 0.1) is 23.2 Å². The Morgan fingerprint density at radius 1 is 1.57 bits per heavy atom. The number of hydrogen-bond acceptors (Lipinski definition) is 3. The highest BCUT2D eigenvalue weighted by Crippen LogP contribution is 2.29. The molecule has 0 radical (unpaired) electrons. The van der Waals surface area contributed by atoms with Crippen molar-refractivity contribution < 1.29 is 4.39 Å². The lowest BCUT2D eigenvalue weighted by molar-refractivity contribution is 0.625. The summed E-state index contributed by atoms with van der Waals surface area (Å²) in [6, 6.07) is 4.22. The minimum absolute atomic E-state index is 0.0251. The number of anilines is 1. The topological polar surface area (TPSA) is 75.8 Å². The molecule has 1 aromatic carbocycles. The predicted octanol–water partition coefficient (Wildman–Crippen LogP) is 1.97. The molecule has 74 valence electrons. The summed E-state index contributed by atoms with van der Waals surface area (Å²) in [5, 5.41) is 8.32. The molecule has 0 amide bonds. The molecule has 3 nitrogen and oxygen atoms in total. The zero-order valence-corrected chi connectivity index (χ0v) is 8.05. The Morgan fingerprint density at radius 3 is 2.79 bits per heavy atom. The van der Waals surface area contributed by atoms with Gasteiger partial charge in [-0.05, 0) is 11.6 Å². The molecule has 0 unspecified atom stereocenters. The third-order valence-electron chi connectivity index (χ3n) is 1.85. The van der Waals surface area contributed by atoms with Gasteiger partial charge in [0.25, 0.3) is 0 Å². The second-order valence-corrected chi connectivity index (χ2v) is 3.22. The molecule has 0 saturated heterocycles. The van der Waals surface area contributed by atoms with Crippen molar-refractivity contribution in [2.45, 2.75) is 12.5 Å². The Balaban J connectivity index is 3.12. The molecule has 0 fully saturated rings. The lowest BCUT2D eigenvalue weighted by atomic mass is 10.0. The molecule has 0 saturated carbocycles. The molecule has 0 heterocycles. The van der Waals surface area contributed by atoms with Crippen molar-refractivity contribution in [3.05, 3.63) is 28.5 Å². The Bertz CT molecular complexity index is 386. The van der Waals surface area contributed by atoms with Crippen molar-refractivity contribution in [2.75, 3.05) is 5.73 Å². The monoisotopic (exact) mass is 213 g/mol. The highest BCUT2D eigenvalue weighted by Gasteiger charge is 2.14. The molecule has 0 aliphatic heterocycles. The summed E-state index contributed by atoms with van der Waals surface area (Å²) >= 11 is 5.68. The molecule has 1 aromatic rings. The fourth-order valence-electron chi connectivity index (χ4n) is 1.07. The summed E-state index contributed by atoms with van der Waals surface area (Å²) in [6.07, 6.45) is 0.0864. The molecular weight excluding hydrogens is 205 g/mol. The summed E-state index contributed by atoms with van der Waals surface area (Å²) in [6.45, 7) is 0. The zero-order valence-electron chi connectivity index (χ0n) is 7.30. The number of hydrogen-bond donors (Lipinski definition) is 2. The first-order chi connectivity index (χ1) is 6.57. The van der Waals surface area contributed by atoms with Gasteiger partial charge in [-0.25, -0.2) is 4.39 Å². The van der Waals surface area contributed by atoms with Gasteiger partial charge >= 0.3 is 0 Å². The average Bonchev–Trinajstić information content (AvgIpc) is 2.15. The minimum Gasteiger partial charge on any atom is -0.396 e. The molecule has 0 spiro atoms. The van der Waals surface area contributed by atoms with E-state index in [-0.39, 0.29) is 17.1 Å². The second-order valence-electron chi connectivity index (χ2n) is 2.84. The number of nitrogen functional groups attached to an aromatic ring is 1. The van der Waals surface area contributed by atoms with Gasteiger partial charge in [0, 0.05) is 6.04 Å². The summed E-state index contributed by atoms with van der Waals surface area (Å²) in [5.74, 6) is -0.683. The van der Waals surface area contributed by atoms with E-state index < -0.39 is 11.9 Å². The van der Waals surface area contributed by atoms with Gasteiger partial charge < -0.3 is 11.5 Å². The van der Waals surface area contributed by atoms with Gasteiger partial charge in [0.2, 0.25) is 0 Å². The van der Waals surface area contributed by atoms with E-state index >= 15 is 0 Å². The van der Waals surface area contributed by atoms with Gasteiger partial charge in [-0.15, -0.1) is 0 Å². The number of benzene rings is 1. The van der Waals surface area contributed by atoms with Gasteiger partial charge in [0.1, 0.15) is 0 Å². The van der Waals surface area contributed by atoms with Crippen molar-refractivity contribution in [2.24, 2.45) is 5.73 Å². The average molecular weight is 214 g/mol. The van der Waals surface area contributed by atoms with Crippen molar-refractivity contribution in [3.63, 3.8) is 0 Å². The number of halogens is 2. The maximum atomic E-state index is 13.2. The van der Waals surface area contributed by atoms with E-state index in [0.717, 1.165) is 0 Å². The van der Waals surface area contributed by atoms with Crippen LogP contribution in [0.5, 0.6) is 0 Å². The normalized spacial score (nSPS) is 12.1. The first kappa shape index (κ1) is 10.8. The number of nitrogens with two attached hydrogens (primary N) is 2. The van der Waals surface area contributed by atoms with Gasteiger partial charge in [-0.2, -0.15) is 5.26 Å². The van der Waals surface area contributed by atoms with E-state index in [2.05, 4.69) is 0 Å². The van der Waals surface area contributed by atoms with E-state index in [1.165, 1.54) is 12.1 Å². The zero-order chi connectivity index (χ0) is 10.7. The molecule has 0 aliphatic carbocycles. The lowest BCUT2D eigenvalue weighted by Crippen LogP contribution is -2.11. The van der Waals surface area contributed by atoms with Crippen LogP contribution in [0.1, 0.15) is 18.0 Å². The third-order valence-corrected chi connectivity index (χ3v) is 2.24. The van der Waals surface area contributed by atoms with Crippen LogP contribution in [0.2, 0.25) is 5.02 Å². The maximum absolute atomic E-state index is 13.2. The number of nitrogens with zero attached hydrogens (tertiary/aromatic N) is 1. The van der Waals surface area contributed by atoms with Crippen molar-refractivity contribution in [1.82, 2.24) is 0 Å². The highest BCUT2D eigenvalue weighted by molar-refractivity contribution is 6.31. The first-order valence-electron chi connectivity index (χ1n) is 3.93. The van der Waals surface area contributed by atoms with Crippen LogP contribution >= 0.6 is 11.6 Å². The lowest BCUT2D eigenvalue weighted by Gasteiger charge is -2.11. The van der Waals surface area contributed by atoms with Crippen LogP contribution in [0, 0.1) is 17.1 Å². The van der Waals surface area contributed by atoms with E-state index in [0.29, 0.717) is 5.56 Å². The fraction of sp³-hybridized carbons (Fsp3) is 0.222. The van der Waals surface area contributed by atoms with Crippen LogP contribution in [0.4, 0.5) is 10.1 Å².